The second-order valence-electron chi connectivity index (χ2n) is 9.57. The third kappa shape index (κ3) is 6.04. The Morgan fingerprint density at radius 1 is 1.07 bits per heavy atom. The first kappa shape index (κ1) is 28.2. The SMILES string of the molecule is O=CN1CCC(c2ccc(COc3c(Cl)cccc3-c3cccc(-n4ncc(C(=O)O)c4C(F)(F)F)n3)cc2)CC1. The fourth-order valence-electron chi connectivity index (χ4n) is 4.88. The predicted octanol–water partition coefficient (Wildman–Crippen LogP) is 6.22. The summed E-state index contributed by atoms with van der Waals surface area (Å²) in [6.45, 7) is 1.66. The van der Waals surface area contributed by atoms with Gasteiger partial charge in [-0.25, -0.2) is 14.5 Å². The molecule has 41 heavy (non-hydrogen) atoms. The van der Waals surface area contributed by atoms with Crippen molar-refractivity contribution in [3.05, 3.63) is 94.3 Å². The third-order valence-electron chi connectivity index (χ3n) is 6.98. The number of carbonyl (C=O) groups excluding carboxylic acids is 1. The summed E-state index contributed by atoms with van der Waals surface area (Å²) in [6.07, 6.45) is -1.63. The minimum Gasteiger partial charge on any atom is -0.487 e. The van der Waals surface area contributed by atoms with E-state index in [2.05, 4.69) is 10.1 Å². The number of ether oxygens (including phenoxy) is 1. The number of halogens is 4. The quantitative estimate of drug-likeness (QED) is 0.247. The number of carbonyl (C=O) groups is 2. The molecule has 0 bridgehead atoms. The molecule has 1 amide bonds. The minimum atomic E-state index is -4.98. The molecule has 2 aromatic carbocycles. The number of para-hydroxylation sites is 1. The summed E-state index contributed by atoms with van der Waals surface area (Å²) in [6, 6.07) is 17.4. The molecule has 1 saturated heterocycles. The van der Waals surface area contributed by atoms with Crippen LogP contribution in [0, 0.1) is 0 Å². The standard InChI is InChI=1S/C29H24ClF3N4O4/c30-23-4-1-3-21(24-5-2-6-25(35-24)37-27(29(31,32)33)22(15-34-37)28(39)40)26(23)41-16-18-7-9-19(10-8-18)20-11-13-36(17-38)14-12-20/h1-10,15,17,20H,11-14,16H2,(H,39,40). The monoisotopic (exact) mass is 584 g/mol. The first-order chi connectivity index (χ1) is 19.7. The number of aromatic nitrogens is 3. The van der Waals surface area contributed by atoms with E-state index in [1.807, 2.05) is 24.3 Å². The van der Waals surface area contributed by atoms with Gasteiger partial charge < -0.3 is 14.7 Å². The van der Waals surface area contributed by atoms with Crippen LogP contribution in [0.15, 0.2) is 66.9 Å². The average Bonchev–Trinajstić information content (AvgIpc) is 3.44. The van der Waals surface area contributed by atoms with Gasteiger partial charge in [-0.15, -0.1) is 0 Å². The maximum absolute atomic E-state index is 13.7. The smallest absolute Gasteiger partial charge is 0.434 e. The van der Waals surface area contributed by atoms with Crippen LogP contribution in [0.4, 0.5) is 13.2 Å². The number of carboxylic acid groups (broad SMARTS) is 1. The van der Waals surface area contributed by atoms with E-state index < -0.39 is 23.4 Å². The number of carboxylic acids is 1. The number of benzene rings is 2. The van der Waals surface area contributed by atoms with Gasteiger partial charge in [0.05, 0.1) is 16.9 Å². The molecule has 212 valence electrons. The van der Waals surface area contributed by atoms with Crippen molar-refractivity contribution in [1.29, 1.82) is 0 Å². The number of amides is 1. The molecular weight excluding hydrogens is 561 g/mol. The minimum absolute atomic E-state index is 0.180. The van der Waals surface area contributed by atoms with Crippen LogP contribution in [0.3, 0.4) is 0 Å². The van der Waals surface area contributed by atoms with Gasteiger partial charge >= 0.3 is 12.1 Å². The van der Waals surface area contributed by atoms with Crippen LogP contribution in [-0.2, 0) is 17.6 Å². The topological polar surface area (TPSA) is 97.6 Å². The van der Waals surface area contributed by atoms with Crippen LogP contribution < -0.4 is 4.74 Å². The van der Waals surface area contributed by atoms with Gasteiger partial charge in [0.1, 0.15) is 17.9 Å². The maximum Gasteiger partial charge on any atom is 0.434 e. The number of rotatable bonds is 8. The molecule has 1 aliphatic heterocycles. The molecule has 8 nitrogen and oxygen atoms in total. The molecule has 0 aliphatic carbocycles. The van der Waals surface area contributed by atoms with Gasteiger partial charge in [0.2, 0.25) is 6.41 Å². The lowest BCUT2D eigenvalue weighted by Crippen LogP contribution is -2.31. The van der Waals surface area contributed by atoms with E-state index in [1.165, 1.54) is 17.7 Å². The Morgan fingerprint density at radius 3 is 2.44 bits per heavy atom. The van der Waals surface area contributed by atoms with Crippen molar-refractivity contribution in [3.8, 4) is 22.8 Å². The van der Waals surface area contributed by atoms with Crippen molar-refractivity contribution in [1.82, 2.24) is 19.7 Å². The van der Waals surface area contributed by atoms with E-state index in [4.69, 9.17) is 16.3 Å². The molecule has 3 heterocycles. The molecule has 5 rings (SSSR count). The maximum atomic E-state index is 13.7. The lowest BCUT2D eigenvalue weighted by Gasteiger charge is -2.29. The molecule has 0 saturated carbocycles. The van der Waals surface area contributed by atoms with Crippen LogP contribution in [0.5, 0.6) is 5.75 Å². The summed E-state index contributed by atoms with van der Waals surface area (Å²) < 4.78 is 47.8. The fraction of sp³-hybridized carbons (Fsp3) is 0.241. The summed E-state index contributed by atoms with van der Waals surface area (Å²) in [7, 11) is 0. The number of nitrogens with zero attached hydrogens (tertiary/aromatic N) is 4. The number of hydrogen-bond acceptors (Lipinski definition) is 5. The highest BCUT2D eigenvalue weighted by molar-refractivity contribution is 6.32. The largest absolute Gasteiger partial charge is 0.487 e. The second kappa shape index (κ2) is 11.6. The summed E-state index contributed by atoms with van der Waals surface area (Å²) in [5.74, 6) is -1.29. The number of piperidine rings is 1. The molecule has 0 unspecified atom stereocenters. The zero-order chi connectivity index (χ0) is 29.1. The molecule has 1 aliphatic rings. The van der Waals surface area contributed by atoms with E-state index in [0.29, 0.717) is 28.1 Å². The Morgan fingerprint density at radius 2 is 1.78 bits per heavy atom. The number of likely N-dealkylation sites (tertiary alicyclic amines) is 1. The van der Waals surface area contributed by atoms with Gasteiger partial charge in [-0.05, 0) is 54.2 Å². The third-order valence-corrected chi connectivity index (χ3v) is 7.27. The van der Waals surface area contributed by atoms with E-state index in [0.717, 1.165) is 37.9 Å². The zero-order valence-corrected chi connectivity index (χ0v) is 22.3. The van der Waals surface area contributed by atoms with Crippen molar-refractivity contribution in [3.63, 3.8) is 0 Å². The fourth-order valence-corrected chi connectivity index (χ4v) is 5.11. The van der Waals surface area contributed by atoms with Gasteiger partial charge in [0, 0.05) is 18.7 Å². The van der Waals surface area contributed by atoms with E-state index >= 15 is 0 Å². The van der Waals surface area contributed by atoms with Gasteiger partial charge in [-0.3, -0.25) is 4.79 Å². The normalized spacial score (nSPS) is 14.2. The first-order valence-electron chi connectivity index (χ1n) is 12.7. The van der Waals surface area contributed by atoms with Crippen molar-refractivity contribution in [2.45, 2.75) is 31.5 Å². The van der Waals surface area contributed by atoms with E-state index in [9.17, 15) is 27.9 Å². The van der Waals surface area contributed by atoms with Crippen LogP contribution in [0.1, 0.15) is 45.9 Å². The highest BCUT2D eigenvalue weighted by Gasteiger charge is 2.41. The Bertz CT molecular complexity index is 1570. The Hall–Kier alpha value is -4.38. The highest BCUT2D eigenvalue weighted by Crippen LogP contribution is 2.38. The van der Waals surface area contributed by atoms with Gasteiger partial charge in [-0.1, -0.05) is 48.0 Å². The molecule has 0 radical (unpaired) electrons. The lowest BCUT2D eigenvalue weighted by molar-refractivity contribution is -0.143. The Labute approximate surface area is 237 Å². The number of pyridine rings is 1. The van der Waals surface area contributed by atoms with Crippen molar-refractivity contribution in [2.24, 2.45) is 0 Å². The molecular formula is C29H24ClF3N4O4. The number of hydrogen-bond donors (Lipinski definition) is 1. The predicted molar refractivity (Wildman–Crippen MR) is 144 cm³/mol. The van der Waals surface area contributed by atoms with Gasteiger partial charge in [-0.2, -0.15) is 18.3 Å². The van der Waals surface area contributed by atoms with Crippen molar-refractivity contribution < 1.29 is 32.6 Å². The molecule has 4 aromatic rings. The second-order valence-corrected chi connectivity index (χ2v) is 9.97. The molecule has 12 heteroatoms. The zero-order valence-electron chi connectivity index (χ0n) is 21.5. The number of aromatic carboxylic acids is 1. The Balaban J connectivity index is 1.38. The van der Waals surface area contributed by atoms with E-state index in [1.54, 1.807) is 29.2 Å². The first-order valence-corrected chi connectivity index (χ1v) is 13.1. The van der Waals surface area contributed by atoms with Crippen molar-refractivity contribution >= 4 is 24.0 Å². The molecule has 0 spiro atoms. The molecule has 2 aromatic heterocycles. The lowest BCUT2D eigenvalue weighted by atomic mass is 9.89. The average molecular weight is 585 g/mol. The molecule has 1 fully saturated rings. The number of alkyl halides is 3. The van der Waals surface area contributed by atoms with Crippen molar-refractivity contribution in [2.75, 3.05) is 13.1 Å². The van der Waals surface area contributed by atoms with Gasteiger partial charge in [0.25, 0.3) is 0 Å². The Kier molecular flexibility index (Phi) is 7.98. The van der Waals surface area contributed by atoms with Crippen LogP contribution >= 0.6 is 11.6 Å². The van der Waals surface area contributed by atoms with Crippen LogP contribution in [-0.4, -0.2) is 50.2 Å². The molecule has 1 N–H and O–H groups in total. The molecule has 0 atom stereocenters. The van der Waals surface area contributed by atoms with Crippen LogP contribution in [0.25, 0.3) is 17.1 Å². The van der Waals surface area contributed by atoms with Gasteiger partial charge in [0.15, 0.2) is 11.5 Å². The summed E-state index contributed by atoms with van der Waals surface area (Å²) in [5.41, 5.74) is 0.374. The van der Waals surface area contributed by atoms with E-state index in [-0.39, 0.29) is 23.1 Å². The summed E-state index contributed by atoms with van der Waals surface area (Å²) in [5, 5.41) is 13.2. The summed E-state index contributed by atoms with van der Waals surface area (Å²) >= 11 is 6.46. The summed E-state index contributed by atoms with van der Waals surface area (Å²) in [4.78, 5) is 28.5. The van der Waals surface area contributed by atoms with Crippen LogP contribution in [0.2, 0.25) is 5.02 Å². The highest BCUT2D eigenvalue weighted by atomic mass is 35.5.